The zero-order valence-electron chi connectivity index (χ0n) is 12.1. The quantitative estimate of drug-likeness (QED) is 0.850. The lowest BCUT2D eigenvalue weighted by Crippen LogP contribution is -2.03. The first-order valence-corrected chi connectivity index (χ1v) is 6.97. The molecule has 0 amide bonds. The molecule has 0 unspecified atom stereocenters. The maximum absolute atomic E-state index is 13.6. The van der Waals surface area contributed by atoms with Gasteiger partial charge < -0.3 is 15.2 Å². The molecule has 0 saturated carbocycles. The molecule has 3 nitrogen and oxygen atoms in total. The second-order valence-electron chi connectivity index (χ2n) is 4.76. The monoisotopic (exact) mass is 289 g/mol. The fourth-order valence-corrected chi connectivity index (χ4v) is 2.12. The van der Waals surface area contributed by atoms with E-state index in [1.165, 1.54) is 11.6 Å². The van der Waals surface area contributed by atoms with Crippen LogP contribution in [-0.2, 0) is 13.0 Å². The predicted octanol–water partition coefficient (Wildman–Crippen LogP) is 3.30. The van der Waals surface area contributed by atoms with Gasteiger partial charge in [0.25, 0.3) is 0 Å². The van der Waals surface area contributed by atoms with Crippen LogP contribution in [0.2, 0.25) is 0 Å². The van der Waals surface area contributed by atoms with Gasteiger partial charge in [-0.15, -0.1) is 0 Å². The van der Waals surface area contributed by atoms with Crippen molar-refractivity contribution in [2.45, 2.75) is 19.4 Å². The highest BCUT2D eigenvalue weighted by Crippen LogP contribution is 2.24. The lowest BCUT2D eigenvalue weighted by Gasteiger charge is -2.12. The van der Waals surface area contributed by atoms with E-state index in [2.05, 4.69) is 0 Å². The van der Waals surface area contributed by atoms with Gasteiger partial charge in [-0.2, -0.15) is 0 Å². The maximum Gasteiger partial charge on any atom is 0.165 e. The summed E-state index contributed by atoms with van der Waals surface area (Å²) in [6.45, 7) is 0.924. The molecule has 0 fully saturated rings. The molecule has 0 atom stereocenters. The van der Waals surface area contributed by atoms with Gasteiger partial charge in [0.05, 0.1) is 7.11 Å². The Morgan fingerprint density at radius 3 is 2.62 bits per heavy atom. The zero-order valence-corrected chi connectivity index (χ0v) is 12.1. The number of hydrogen-bond donors (Lipinski definition) is 1. The molecule has 4 heteroatoms. The van der Waals surface area contributed by atoms with Crippen molar-refractivity contribution in [2.75, 3.05) is 13.7 Å². The van der Waals surface area contributed by atoms with Gasteiger partial charge >= 0.3 is 0 Å². The van der Waals surface area contributed by atoms with Crippen LogP contribution >= 0.6 is 0 Å². The van der Waals surface area contributed by atoms with Gasteiger partial charge in [-0.25, -0.2) is 4.39 Å². The lowest BCUT2D eigenvalue weighted by molar-refractivity contribution is 0.282. The molecule has 0 aliphatic carbocycles. The van der Waals surface area contributed by atoms with Crippen LogP contribution in [0.15, 0.2) is 42.5 Å². The van der Waals surface area contributed by atoms with Gasteiger partial charge in [0.15, 0.2) is 11.6 Å². The molecule has 2 aromatic rings. The van der Waals surface area contributed by atoms with Crippen molar-refractivity contribution >= 4 is 0 Å². The predicted molar refractivity (Wildman–Crippen MR) is 81.1 cm³/mol. The smallest absolute Gasteiger partial charge is 0.165 e. The summed E-state index contributed by atoms with van der Waals surface area (Å²) in [5, 5.41) is 0. The number of nitrogens with two attached hydrogens (primary N) is 1. The van der Waals surface area contributed by atoms with E-state index < -0.39 is 0 Å². The van der Waals surface area contributed by atoms with Gasteiger partial charge in [0, 0.05) is 5.56 Å². The molecule has 0 spiro atoms. The molecule has 2 aromatic carbocycles. The highest BCUT2D eigenvalue weighted by Gasteiger charge is 2.07. The Morgan fingerprint density at radius 2 is 1.90 bits per heavy atom. The number of para-hydroxylation sites is 1. The van der Waals surface area contributed by atoms with Gasteiger partial charge in [0.1, 0.15) is 12.4 Å². The number of rotatable bonds is 7. The third-order valence-corrected chi connectivity index (χ3v) is 3.23. The molecule has 2 N–H and O–H groups in total. The first-order valence-electron chi connectivity index (χ1n) is 6.97. The second kappa shape index (κ2) is 7.64. The fraction of sp³-hybridized carbons (Fsp3) is 0.294. The summed E-state index contributed by atoms with van der Waals surface area (Å²) in [5.41, 5.74) is 7.60. The van der Waals surface area contributed by atoms with Crippen molar-refractivity contribution < 1.29 is 13.9 Å². The summed E-state index contributed by atoms with van der Waals surface area (Å²) in [4.78, 5) is 0. The van der Waals surface area contributed by atoms with E-state index in [4.69, 9.17) is 15.2 Å². The van der Waals surface area contributed by atoms with Crippen LogP contribution in [0.1, 0.15) is 17.5 Å². The molecule has 0 radical (unpaired) electrons. The van der Waals surface area contributed by atoms with Crippen LogP contribution in [0.3, 0.4) is 0 Å². The standard InChI is InChI=1S/C17H20FNO2/c1-20-16-9-8-13(5-4-10-19)11-14(16)12-21-17-7-3-2-6-15(17)18/h2-3,6-9,11H,4-5,10,12,19H2,1H3. The van der Waals surface area contributed by atoms with E-state index in [1.807, 2.05) is 18.2 Å². The Bertz CT molecular complexity index is 587. The molecular formula is C17H20FNO2. The molecule has 0 heterocycles. The van der Waals surface area contributed by atoms with Crippen LogP contribution in [0, 0.1) is 5.82 Å². The minimum Gasteiger partial charge on any atom is -0.496 e. The number of aryl methyl sites for hydroxylation is 1. The van der Waals surface area contributed by atoms with Crippen molar-refractivity contribution in [2.24, 2.45) is 5.73 Å². The van der Waals surface area contributed by atoms with E-state index in [1.54, 1.807) is 25.3 Å². The Hall–Kier alpha value is -2.07. The average molecular weight is 289 g/mol. The van der Waals surface area contributed by atoms with Crippen molar-refractivity contribution in [3.63, 3.8) is 0 Å². The van der Waals surface area contributed by atoms with Crippen LogP contribution in [-0.4, -0.2) is 13.7 Å². The second-order valence-corrected chi connectivity index (χ2v) is 4.76. The topological polar surface area (TPSA) is 44.5 Å². The van der Waals surface area contributed by atoms with E-state index in [0.717, 1.165) is 24.2 Å². The number of hydrogen-bond acceptors (Lipinski definition) is 3. The van der Waals surface area contributed by atoms with Crippen molar-refractivity contribution in [1.29, 1.82) is 0 Å². The highest BCUT2D eigenvalue weighted by atomic mass is 19.1. The Kier molecular flexibility index (Phi) is 5.58. The minimum atomic E-state index is -0.365. The minimum absolute atomic E-state index is 0.243. The van der Waals surface area contributed by atoms with E-state index in [9.17, 15) is 4.39 Å². The van der Waals surface area contributed by atoms with Gasteiger partial charge in [-0.3, -0.25) is 0 Å². The SMILES string of the molecule is COc1ccc(CCCN)cc1COc1ccccc1F. The summed E-state index contributed by atoms with van der Waals surface area (Å²) in [6.07, 6.45) is 1.84. The maximum atomic E-state index is 13.6. The van der Waals surface area contributed by atoms with Crippen LogP contribution in [0.5, 0.6) is 11.5 Å². The third kappa shape index (κ3) is 4.20. The summed E-state index contributed by atoms with van der Waals surface area (Å²) in [6, 6.07) is 12.3. The molecule has 0 aromatic heterocycles. The zero-order chi connectivity index (χ0) is 15.1. The van der Waals surface area contributed by atoms with Gasteiger partial charge in [-0.1, -0.05) is 18.2 Å². The molecule has 0 aliphatic rings. The molecule has 2 rings (SSSR count). The number of halogens is 1. The van der Waals surface area contributed by atoms with Crippen LogP contribution in [0.25, 0.3) is 0 Å². The van der Waals surface area contributed by atoms with Gasteiger partial charge in [0.2, 0.25) is 0 Å². The van der Waals surface area contributed by atoms with E-state index in [0.29, 0.717) is 6.54 Å². The Morgan fingerprint density at radius 1 is 1.10 bits per heavy atom. The molecule has 0 saturated heterocycles. The summed E-state index contributed by atoms with van der Waals surface area (Å²) >= 11 is 0. The Labute approximate surface area is 124 Å². The highest BCUT2D eigenvalue weighted by molar-refractivity contribution is 5.37. The van der Waals surface area contributed by atoms with Gasteiger partial charge in [-0.05, 0) is 49.2 Å². The molecule has 0 bridgehead atoms. The largest absolute Gasteiger partial charge is 0.496 e. The first kappa shape index (κ1) is 15.3. The first-order chi connectivity index (χ1) is 10.2. The van der Waals surface area contributed by atoms with Crippen molar-refractivity contribution in [1.82, 2.24) is 0 Å². The summed E-state index contributed by atoms with van der Waals surface area (Å²) in [7, 11) is 1.61. The van der Waals surface area contributed by atoms with E-state index in [-0.39, 0.29) is 18.2 Å². The summed E-state index contributed by atoms with van der Waals surface area (Å²) < 4.78 is 24.4. The average Bonchev–Trinajstić information content (AvgIpc) is 2.52. The van der Waals surface area contributed by atoms with Crippen molar-refractivity contribution in [3.8, 4) is 11.5 Å². The summed E-state index contributed by atoms with van der Waals surface area (Å²) in [5.74, 6) is 0.616. The lowest BCUT2D eigenvalue weighted by atomic mass is 10.1. The third-order valence-electron chi connectivity index (χ3n) is 3.23. The molecule has 0 aliphatic heterocycles. The van der Waals surface area contributed by atoms with Crippen molar-refractivity contribution in [3.05, 3.63) is 59.4 Å². The molecule has 21 heavy (non-hydrogen) atoms. The number of benzene rings is 2. The van der Waals surface area contributed by atoms with E-state index >= 15 is 0 Å². The Balaban J connectivity index is 2.12. The van der Waals surface area contributed by atoms with Crippen LogP contribution < -0.4 is 15.2 Å². The normalized spacial score (nSPS) is 10.4. The molecule has 112 valence electrons. The number of methoxy groups -OCH3 is 1. The van der Waals surface area contributed by atoms with Crippen LogP contribution in [0.4, 0.5) is 4.39 Å². The number of ether oxygens (including phenoxy) is 2. The fourth-order valence-electron chi connectivity index (χ4n) is 2.12. The molecular weight excluding hydrogens is 269 g/mol.